The highest BCUT2D eigenvalue weighted by atomic mass is 19.4. The highest BCUT2D eigenvalue weighted by Crippen LogP contribution is 2.30. The van der Waals surface area contributed by atoms with Crippen LogP contribution in [0.3, 0.4) is 0 Å². The van der Waals surface area contributed by atoms with E-state index in [1.807, 2.05) is 0 Å². The summed E-state index contributed by atoms with van der Waals surface area (Å²) in [6.45, 7) is 1.70. The van der Waals surface area contributed by atoms with Gasteiger partial charge in [-0.2, -0.15) is 0 Å². The van der Waals surface area contributed by atoms with Crippen molar-refractivity contribution in [1.82, 2.24) is 5.32 Å². The molecule has 18 heavy (non-hydrogen) atoms. The van der Waals surface area contributed by atoms with E-state index in [1.165, 1.54) is 18.2 Å². The predicted octanol–water partition coefficient (Wildman–Crippen LogP) is 2.75. The zero-order chi connectivity index (χ0) is 13.3. The molecule has 2 rings (SSSR count). The van der Waals surface area contributed by atoms with Crippen LogP contribution in [0, 0.1) is 0 Å². The molecule has 0 bridgehead atoms. The van der Waals surface area contributed by atoms with Crippen LogP contribution in [0.5, 0.6) is 5.75 Å². The first-order valence-corrected chi connectivity index (χ1v) is 5.18. The first kappa shape index (κ1) is 12.5. The van der Waals surface area contributed by atoms with E-state index >= 15 is 0 Å². The third kappa shape index (κ3) is 2.85. The van der Waals surface area contributed by atoms with Gasteiger partial charge in [0, 0.05) is 0 Å². The van der Waals surface area contributed by atoms with Crippen LogP contribution in [0.2, 0.25) is 0 Å². The highest BCUT2D eigenvalue weighted by molar-refractivity contribution is 5.70. The van der Waals surface area contributed by atoms with Gasteiger partial charge < -0.3 is 14.8 Å². The summed E-state index contributed by atoms with van der Waals surface area (Å²) in [7, 11) is 0. The average Bonchev–Trinajstić information content (AvgIpc) is 2.55. The molecule has 0 aliphatic carbocycles. The smallest absolute Gasteiger partial charge is 0.439 e. The van der Waals surface area contributed by atoms with Crippen LogP contribution in [0.1, 0.15) is 18.6 Å². The summed E-state index contributed by atoms with van der Waals surface area (Å²) in [6.07, 6.45) is -5.95. The van der Waals surface area contributed by atoms with Gasteiger partial charge in [-0.3, -0.25) is 0 Å². The first-order chi connectivity index (χ1) is 8.35. The topological polar surface area (TPSA) is 47.6 Å². The van der Waals surface area contributed by atoms with Crippen LogP contribution in [0.25, 0.3) is 0 Å². The highest BCUT2D eigenvalue weighted by Gasteiger charge is 2.34. The third-order valence-electron chi connectivity index (χ3n) is 2.45. The van der Waals surface area contributed by atoms with Gasteiger partial charge in [0.25, 0.3) is 0 Å². The van der Waals surface area contributed by atoms with Gasteiger partial charge in [0.05, 0.1) is 6.04 Å². The van der Waals surface area contributed by atoms with Gasteiger partial charge in [-0.05, 0) is 24.6 Å². The number of nitrogens with one attached hydrogen (secondary N) is 1. The molecule has 1 aromatic carbocycles. The molecule has 0 radical (unpaired) electrons. The molecule has 1 aliphatic heterocycles. The second-order valence-electron chi connectivity index (χ2n) is 3.88. The number of halogens is 3. The summed E-state index contributed by atoms with van der Waals surface area (Å²) in [5.74, 6) is -0.338. The molecule has 0 saturated carbocycles. The Morgan fingerprint density at radius 2 is 2.11 bits per heavy atom. The fourth-order valence-electron chi connectivity index (χ4n) is 1.76. The number of ether oxygens (including phenoxy) is 2. The number of benzene rings is 1. The lowest BCUT2D eigenvalue weighted by atomic mass is 10.0. The minimum absolute atomic E-state index is 0.307. The monoisotopic (exact) mass is 261 g/mol. The maximum Gasteiger partial charge on any atom is 0.573 e. The summed E-state index contributed by atoms with van der Waals surface area (Å²) in [4.78, 5) is 11.0. The fourth-order valence-corrected chi connectivity index (χ4v) is 1.76. The van der Waals surface area contributed by atoms with E-state index in [2.05, 4.69) is 10.1 Å². The quantitative estimate of drug-likeness (QED) is 0.890. The van der Waals surface area contributed by atoms with Crippen molar-refractivity contribution in [2.45, 2.75) is 25.4 Å². The number of cyclic esters (lactones) is 1. The van der Waals surface area contributed by atoms with Crippen LogP contribution in [0.4, 0.5) is 18.0 Å². The van der Waals surface area contributed by atoms with E-state index in [9.17, 15) is 18.0 Å². The molecule has 1 amide bonds. The Bertz CT molecular complexity index is 461. The maximum absolute atomic E-state index is 12.1. The summed E-state index contributed by atoms with van der Waals surface area (Å²) < 4.78 is 45.0. The number of hydrogen-bond donors (Lipinski definition) is 1. The van der Waals surface area contributed by atoms with Crippen molar-refractivity contribution in [3.8, 4) is 5.75 Å². The van der Waals surface area contributed by atoms with Crippen molar-refractivity contribution in [2.24, 2.45) is 0 Å². The summed E-state index contributed by atoms with van der Waals surface area (Å²) >= 11 is 0. The molecule has 1 N–H and O–H groups in total. The van der Waals surface area contributed by atoms with Gasteiger partial charge in [0.1, 0.15) is 11.9 Å². The molecule has 0 aromatic heterocycles. The molecule has 7 heteroatoms. The predicted molar refractivity (Wildman–Crippen MR) is 54.9 cm³/mol. The molecule has 4 nitrogen and oxygen atoms in total. The van der Waals surface area contributed by atoms with Gasteiger partial charge in [-0.25, -0.2) is 4.79 Å². The van der Waals surface area contributed by atoms with Crippen LogP contribution in [0.15, 0.2) is 24.3 Å². The molecule has 98 valence electrons. The molecular formula is C11H10F3NO3. The number of alkyl carbamates (subject to hydrolysis) is 1. The van der Waals surface area contributed by atoms with Crippen molar-refractivity contribution in [2.75, 3.05) is 0 Å². The molecule has 1 aromatic rings. The molecule has 1 saturated heterocycles. The molecule has 1 fully saturated rings. The molecular weight excluding hydrogens is 251 g/mol. The maximum atomic E-state index is 12.1. The minimum atomic E-state index is -4.74. The largest absolute Gasteiger partial charge is 0.573 e. The second-order valence-corrected chi connectivity index (χ2v) is 3.88. The Hall–Kier alpha value is -1.92. The average molecular weight is 261 g/mol. The first-order valence-electron chi connectivity index (χ1n) is 5.18. The number of hydrogen-bond acceptors (Lipinski definition) is 3. The number of carbonyl (C=O) groups excluding carboxylic acids is 1. The van der Waals surface area contributed by atoms with Crippen molar-refractivity contribution in [3.63, 3.8) is 0 Å². The molecule has 0 spiro atoms. The lowest BCUT2D eigenvalue weighted by molar-refractivity contribution is -0.274. The van der Waals surface area contributed by atoms with E-state index in [0.29, 0.717) is 5.56 Å². The number of alkyl halides is 3. The lowest BCUT2D eigenvalue weighted by Crippen LogP contribution is -2.24. The van der Waals surface area contributed by atoms with E-state index in [1.54, 1.807) is 13.0 Å². The van der Waals surface area contributed by atoms with Crippen molar-refractivity contribution in [3.05, 3.63) is 29.8 Å². The van der Waals surface area contributed by atoms with E-state index < -0.39 is 18.6 Å². The SMILES string of the molecule is C[C@@H]1NC(=O)O[C@@H]1c1cccc(OC(F)(F)F)c1. The Morgan fingerprint density at radius 3 is 2.67 bits per heavy atom. The Morgan fingerprint density at radius 1 is 1.39 bits per heavy atom. The van der Waals surface area contributed by atoms with Crippen LogP contribution >= 0.6 is 0 Å². The van der Waals surface area contributed by atoms with Crippen LogP contribution in [-0.4, -0.2) is 18.5 Å². The normalized spacial score (nSPS) is 23.4. The summed E-state index contributed by atoms with van der Waals surface area (Å²) in [6, 6.07) is 5.07. The lowest BCUT2D eigenvalue weighted by Gasteiger charge is -2.15. The zero-order valence-corrected chi connectivity index (χ0v) is 9.32. The molecule has 1 heterocycles. The van der Waals surface area contributed by atoms with Gasteiger partial charge in [0.15, 0.2) is 0 Å². The Kier molecular flexibility index (Phi) is 3.06. The number of rotatable bonds is 2. The van der Waals surface area contributed by atoms with Crippen molar-refractivity contribution in [1.29, 1.82) is 0 Å². The fraction of sp³-hybridized carbons (Fsp3) is 0.364. The third-order valence-corrected chi connectivity index (χ3v) is 2.45. The van der Waals surface area contributed by atoms with Crippen LogP contribution in [-0.2, 0) is 4.74 Å². The minimum Gasteiger partial charge on any atom is -0.439 e. The summed E-state index contributed by atoms with van der Waals surface area (Å²) in [5, 5.41) is 2.51. The second kappa shape index (κ2) is 4.40. The molecule has 0 unspecified atom stereocenters. The van der Waals surface area contributed by atoms with Crippen LogP contribution < -0.4 is 10.1 Å². The molecule has 1 aliphatic rings. The van der Waals surface area contributed by atoms with E-state index in [0.717, 1.165) is 0 Å². The number of carbonyl (C=O) groups is 1. The van der Waals surface area contributed by atoms with Gasteiger partial charge in [-0.15, -0.1) is 13.2 Å². The van der Waals surface area contributed by atoms with Gasteiger partial charge >= 0.3 is 12.5 Å². The Balaban J connectivity index is 2.19. The van der Waals surface area contributed by atoms with E-state index in [4.69, 9.17) is 4.74 Å². The van der Waals surface area contributed by atoms with Crippen molar-refractivity contribution < 1.29 is 27.4 Å². The van der Waals surface area contributed by atoms with Crippen molar-refractivity contribution >= 4 is 6.09 Å². The zero-order valence-electron chi connectivity index (χ0n) is 9.32. The molecule has 2 atom stereocenters. The Labute approximate surface area is 101 Å². The summed E-state index contributed by atoms with van der Waals surface area (Å²) in [5.41, 5.74) is 0.447. The standard InChI is InChI=1S/C11H10F3NO3/c1-6-9(17-10(16)15-6)7-3-2-4-8(5-7)18-11(12,13)14/h2-6,9H,1H3,(H,15,16)/t6-,9-/m0/s1. The van der Waals surface area contributed by atoms with Gasteiger partial charge in [0.2, 0.25) is 0 Å². The van der Waals surface area contributed by atoms with Gasteiger partial charge in [-0.1, -0.05) is 12.1 Å². The van der Waals surface area contributed by atoms with E-state index in [-0.39, 0.29) is 11.8 Å². The number of amides is 1.